The number of ether oxygens (including phenoxy) is 2. The van der Waals surface area contributed by atoms with Crippen LogP contribution >= 0.6 is 0 Å². The molecule has 10 nitrogen and oxygen atoms in total. The van der Waals surface area contributed by atoms with Crippen LogP contribution in [-0.4, -0.2) is 65.9 Å². The Hall–Kier alpha value is -3.40. The standard InChI is InChI=1S/C21H24N6O4/c28-27(29)19-20(25-6-2-1-3-7-25)22-14-23-21(19)26-10-8-24(9-11-26)13-16-4-5-17-18(12-16)31-15-30-17/h1-2,4-5,12,14H,3,6-11,13,15H2. The fourth-order valence-corrected chi connectivity index (χ4v) is 4.24. The number of fused-ring (bicyclic) bond motifs is 1. The summed E-state index contributed by atoms with van der Waals surface area (Å²) in [5, 5.41) is 11.9. The Labute approximate surface area is 179 Å². The first-order valence-electron chi connectivity index (χ1n) is 10.4. The minimum atomic E-state index is -0.345. The molecule has 162 valence electrons. The van der Waals surface area contributed by atoms with Crippen LogP contribution in [0, 0.1) is 10.1 Å². The summed E-state index contributed by atoms with van der Waals surface area (Å²) in [7, 11) is 0. The van der Waals surface area contributed by atoms with Gasteiger partial charge in [-0.1, -0.05) is 18.2 Å². The zero-order valence-electron chi connectivity index (χ0n) is 17.1. The summed E-state index contributed by atoms with van der Waals surface area (Å²) in [5.41, 5.74) is 1.16. The lowest BCUT2D eigenvalue weighted by molar-refractivity contribution is -0.383. The van der Waals surface area contributed by atoms with E-state index in [9.17, 15) is 10.1 Å². The van der Waals surface area contributed by atoms with Crippen LogP contribution in [-0.2, 0) is 6.54 Å². The summed E-state index contributed by atoms with van der Waals surface area (Å²) in [6.45, 7) is 5.32. The summed E-state index contributed by atoms with van der Waals surface area (Å²) >= 11 is 0. The highest BCUT2D eigenvalue weighted by Crippen LogP contribution is 2.36. The Morgan fingerprint density at radius 3 is 2.48 bits per heavy atom. The van der Waals surface area contributed by atoms with Gasteiger partial charge in [0.1, 0.15) is 6.33 Å². The zero-order valence-corrected chi connectivity index (χ0v) is 17.1. The van der Waals surface area contributed by atoms with Crippen LogP contribution in [0.25, 0.3) is 0 Å². The smallest absolute Gasteiger partial charge is 0.353 e. The lowest BCUT2D eigenvalue weighted by Crippen LogP contribution is -2.46. The third kappa shape index (κ3) is 3.98. The number of nitrogens with zero attached hydrogens (tertiary/aromatic N) is 6. The van der Waals surface area contributed by atoms with Crippen molar-refractivity contribution in [1.29, 1.82) is 0 Å². The number of piperazine rings is 1. The maximum Gasteiger partial charge on any atom is 0.353 e. The molecule has 0 aliphatic carbocycles. The molecule has 2 aromatic rings. The predicted octanol–water partition coefficient (Wildman–Crippen LogP) is 2.20. The van der Waals surface area contributed by atoms with Gasteiger partial charge < -0.3 is 19.3 Å². The van der Waals surface area contributed by atoms with Gasteiger partial charge in [0.05, 0.1) is 4.92 Å². The van der Waals surface area contributed by atoms with Crippen molar-refractivity contribution in [2.45, 2.75) is 13.0 Å². The minimum absolute atomic E-state index is 0.00187. The van der Waals surface area contributed by atoms with Crippen LogP contribution in [0.1, 0.15) is 12.0 Å². The third-order valence-corrected chi connectivity index (χ3v) is 5.84. The Balaban J connectivity index is 1.29. The minimum Gasteiger partial charge on any atom is -0.454 e. The molecule has 5 rings (SSSR count). The molecule has 0 radical (unpaired) electrons. The molecule has 3 aliphatic rings. The lowest BCUT2D eigenvalue weighted by atomic mass is 10.1. The quantitative estimate of drug-likeness (QED) is 0.406. The van der Waals surface area contributed by atoms with Crippen LogP contribution < -0.4 is 19.3 Å². The highest BCUT2D eigenvalue weighted by molar-refractivity contribution is 5.71. The summed E-state index contributed by atoms with van der Waals surface area (Å²) in [6, 6.07) is 6.01. The highest BCUT2D eigenvalue weighted by atomic mass is 16.7. The molecular formula is C21H24N6O4. The molecule has 0 bridgehead atoms. The summed E-state index contributed by atoms with van der Waals surface area (Å²) in [6.07, 6.45) is 6.40. The monoisotopic (exact) mass is 424 g/mol. The first-order valence-corrected chi connectivity index (χ1v) is 10.4. The van der Waals surface area contributed by atoms with E-state index in [4.69, 9.17) is 9.47 Å². The van der Waals surface area contributed by atoms with E-state index in [1.165, 1.54) is 6.33 Å². The van der Waals surface area contributed by atoms with Gasteiger partial charge in [0, 0.05) is 45.8 Å². The number of benzene rings is 1. The van der Waals surface area contributed by atoms with Crippen molar-refractivity contribution in [3.05, 3.63) is 52.4 Å². The summed E-state index contributed by atoms with van der Waals surface area (Å²) < 4.78 is 10.8. The molecule has 3 aliphatic heterocycles. The molecule has 0 saturated carbocycles. The molecule has 0 N–H and O–H groups in total. The maximum absolute atomic E-state index is 11.9. The summed E-state index contributed by atoms with van der Waals surface area (Å²) in [4.78, 5) is 26.4. The van der Waals surface area contributed by atoms with E-state index in [1.807, 2.05) is 28.0 Å². The van der Waals surface area contributed by atoms with Gasteiger partial charge in [-0.3, -0.25) is 15.0 Å². The fourth-order valence-electron chi connectivity index (χ4n) is 4.24. The van der Waals surface area contributed by atoms with Crippen LogP contribution in [0.2, 0.25) is 0 Å². The van der Waals surface area contributed by atoms with Crippen molar-refractivity contribution in [3.63, 3.8) is 0 Å². The Bertz CT molecular complexity index is 1010. The molecule has 0 spiro atoms. The zero-order chi connectivity index (χ0) is 21.2. The SMILES string of the molecule is O=[N+]([O-])c1c(N2CC=CCC2)ncnc1N1CCN(Cc2ccc3c(c2)OCO3)CC1. The van der Waals surface area contributed by atoms with Gasteiger partial charge in [-0.05, 0) is 24.1 Å². The van der Waals surface area contributed by atoms with E-state index in [0.717, 1.165) is 49.7 Å². The first kappa shape index (κ1) is 19.6. The van der Waals surface area contributed by atoms with Gasteiger partial charge in [0.25, 0.3) is 0 Å². The normalized spacial score (nSPS) is 18.5. The third-order valence-electron chi connectivity index (χ3n) is 5.84. The van der Waals surface area contributed by atoms with Gasteiger partial charge in [-0.25, -0.2) is 9.97 Å². The van der Waals surface area contributed by atoms with Crippen molar-refractivity contribution in [1.82, 2.24) is 14.9 Å². The maximum atomic E-state index is 11.9. The number of hydrogen-bond acceptors (Lipinski definition) is 9. The molecule has 0 amide bonds. The van der Waals surface area contributed by atoms with Crippen LogP contribution in [0.5, 0.6) is 11.5 Å². The average Bonchev–Trinajstić information content (AvgIpc) is 3.27. The highest BCUT2D eigenvalue weighted by Gasteiger charge is 2.31. The van der Waals surface area contributed by atoms with Gasteiger partial charge in [-0.2, -0.15) is 0 Å². The number of aromatic nitrogens is 2. The van der Waals surface area contributed by atoms with Crippen molar-refractivity contribution in [3.8, 4) is 11.5 Å². The number of nitro groups is 1. The molecule has 0 unspecified atom stereocenters. The second-order valence-corrected chi connectivity index (χ2v) is 7.78. The first-order chi connectivity index (χ1) is 15.2. The summed E-state index contributed by atoms with van der Waals surface area (Å²) in [5.74, 6) is 2.38. The van der Waals surface area contributed by atoms with Crippen LogP contribution in [0.15, 0.2) is 36.7 Å². The Morgan fingerprint density at radius 2 is 1.74 bits per heavy atom. The fraction of sp³-hybridized carbons (Fsp3) is 0.429. The van der Waals surface area contributed by atoms with Crippen LogP contribution in [0.3, 0.4) is 0 Å². The molecule has 1 saturated heterocycles. The van der Waals surface area contributed by atoms with E-state index in [2.05, 4.69) is 27.0 Å². The average molecular weight is 424 g/mol. The largest absolute Gasteiger partial charge is 0.454 e. The molecule has 1 aromatic heterocycles. The molecule has 0 atom stereocenters. The lowest BCUT2D eigenvalue weighted by Gasteiger charge is -2.35. The predicted molar refractivity (Wildman–Crippen MR) is 115 cm³/mol. The van der Waals surface area contributed by atoms with E-state index in [0.29, 0.717) is 31.3 Å². The molecule has 1 aromatic carbocycles. The van der Waals surface area contributed by atoms with Gasteiger partial charge in [0.15, 0.2) is 11.5 Å². The van der Waals surface area contributed by atoms with Crippen molar-refractivity contribution in [2.75, 3.05) is 55.9 Å². The molecular weight excluding hydrogens is 400 g/mol. The van der Waals surface area contributed by atoms with Crippen molar-refractivity contribution in [2.24, 2.45) is 0 Å². The topological polar surface area (TPSA) is 97.1 Å². The number of hydrogen-bond donors (Lipinski definition) is 0. The van der Waals surface area contributed by atoms with Crippen molar-refractivity contribution >= 4 is 17.3 Å². The van der Waals surface area contributed by atoms with E-state index in [1.54, 1.807) is 0 Å². The molecule has 31 heavy (non-hydrogen) atoms. The second kappa shape index (κ2) is 8.38. The van der Waals surface area contributed by atoms with Crippen LogP contribution in [0.4, 0.5) is 17.3 Å². The van der Waals surface area contributed by atoms with Gasteiger partial charge in [0.2, 0.25) is 18.4 Å². The second-order valence-electron chi connectivity index (χ2n) is 7.78. The van der Waals surface area contributed by atoms with E-state index < -0.39 is 0 Å². The van der Waals surface area contributed by atoms with Crippen molar-refractivity contribution < 1.29 is 14.4 Å². The van der Waals surface area contributed by atoms with Gasteiger partial charge >= 0.3 is 5.69 Å². The Kier molecular flexibility index (Phi) is 5.29. The number of rotatable bonds is 5. The Morgan fingerprint density at radius 1 is 0.968 bits per heavy atom. The van der Waals surface area contributed by atoms with E-state index in [-0.39, 0.29) is 17.4 Å². The van der Waals surface area contributed by atoms with Gasteiger partial charge in [-0.15, -0.1) is 0 Å². The molecule has 1 fully saturated rings. The van der Waals surface area contributed by atoms with E-state index >= 15 is 0 Å². The number of anilines is 2. The molecule has 4 heterocycles. The molecule has 10 heteroatoms.